The van der Waals surface area contributed by atoms with Gasteiger partial charge in [0.1, 0.15) is 11.6 Å². The monoisotopic (exact) mass is 306 g/mol. The van der Waals surface area contributed by atoms with E-state index in [4.69, 9.17) is 10.5 Å². The van der Waals surface area contributed by atoms with Crippen LogP contribution in [-0.2, 0) is 5.41 Å². The van der Waals surface area contributed by atoms with Crippen LogP contribution in [0.4, 0.5) is 0 Å². The minimum Gasteiger partial charge on any atom is -0.420 e. The van der Waals surface area contributed by atoms with E-state index in [0.29, 0.717) is 17.4 Å². The lowest BCUT2D eigenvalue weighted by Gasteiger charge is -2.47. The van der Waals surface area contributed by atoms with Gasteiger partial charge in [-0.25, -0.2) is 0 Å². The Bertz CT molecular complexity index is 826. The van der Waals surface area contributed by atoms with E-state index in [1.54, 1.807) is 0 Å². The van der Waals surface area contributed by atoms with Crippen molar-refractivity contribution in [1.29, 1.82) is 5.26 Å². The number of H-pyrrole nitrogens is 1. The van der Waals surface area contributed by atoms with Crippen LogP contribution in [-0.4, -0.2) is 10.2 Å². The fraction of sp³-hybridized carbons (Fsp3) is 0.333. The summed E-state index contributed by atoms with van der Waals surface area (Å²) in [5, 5.41) is 17.2. The van der Waals surface area contributed by atoms with E-state index in [9.17, 15) is 5.26 Å². The van der Waals surface area contributed by atoms with E-state index >= 15 is 0 Å². The topological polar surface area (TPSA) is 87.7 Å². The zero-order valence-corrected chi connectivity index (χ0v) is 13.0. The number of nitrogens with one attached hydrogen (secondary N) is 1. The van der Waals surface area contributed by atoms with E-state index in [1.807, 2.05) is 25.1 Å². The van der Waals surface area contributed by atoms with E-state index in [0.717, 1.165) is 29.7 Å². The maximum Gasteiger partial charge on any atom is 0.244 e. The normalized spacial score (nSPS) is 23.7. The van der Waals surface area contributed by atoms with Crippen molar-refractivity contribution >= 4 is 0 Å². The third kappa shape index (κ3) is 1.69. The number of nitrogens with zero attached hydrogens (tertiary/aromatic N) is 2. The second-order valence-electron chi connectivity index (χ2n) is 6.28. The molecule has 1 saturated carbocycles. The average molecular weight is 306 g/mol. The standard InChI is InChI=1S/C18H18N4O/c1-11-15-17(22-21-11)23-16(20)14(10-19)18(15,13-8-5-9-13)12-6-3-2-4-7-12/h2-4,6-7,13H,5,8-9,20H2,1H3,(H,21,22). The second-order valence-corrected chi connectivity index (χ2v) is 6.28. The molecule has 2 aromatic rings. The van der Waals surface area contributed by atoms with Gasteiger partial charge in [-0.05, 0) is 31.2 Å². The molecule has 3 N–H and O–H groups in total. The number of rotatable bonds is 2. The molecule has 0 amide bonds. The predicted molar refractivity (Wildman–Crippen MR) is 85.3 cm³/mol. The van der Waals surface area contributed by atoms with Crippen molar-refractivity contribution in [3.63, 3.8) is 0 Å². The summed E-state index contributed by atoms with van der Waals surface area (Å²) in [7, 11) is 0. The molecule has 0 bridgehead atoms. The zero-order valence-electron chi connectivity index (χ0n) is 13.0. The Hall–Kier alpha value is -2.74. The Morgan fingerprint density at radius 2 is 2.09 bits per heavy atom. The lowest BCUT2D eigenvalue weighted by atomic mass is 9.55. The van der Waals surface area contributed by atoms with Crippen molar-refractivity contribution in [3.05, 3.63) is 58.6 Å². The first-order valence-corrected chi connectivity index (χ1v) is 7.88. The molecular weight excluding hydrogens is 288 g/mol. The summed E-state index contributed by atoms with van der Waals surface area (Å²) in [6, 6.07) is 12.5. The highest BCUT2D eigenvalue weighted by molar-refractivity contribution is 5.62. The molecule has 116 valence electrons. The first kappa shape index (κ1) is 13.9. The fourth-order valence-electron chi connectivity index (χ4n) is 4.04. The average Bonchev–Trinajstić information content (AvgIpc) is 2.87. The number of nitriles is 1. The molecule has 0 saturated heterocycles. The zero-order chi connectivity index (χ0) is 16.0. The van der Waals surface area contributed by atoms with Crippen LogP contribution in [0.5, 0.6) is 5.88 Å². The summed E-state index contributed by atoms with van der Waals surface area (Å²) < 4.78 is 5.64. The molecule has 1 unspecified atom stereocenters. The van der Waals surface area contributed by atoms with Crippen LogP contribution in [0, 0.1) is 24.2 Å². The lowest BCUT2D eigenvalue weighted by molar-refractivity contribution is 0.207. The van der Waals surface area contributed by atoms with E-state index in [2.05, 4.69) is 28.4 Å². The van der Waals surface area contributed by atoms with Crippen molar-refractivity contribution in [1.82, 2.24) is 10.2 Å². The summed E-state index contributed by atoms with van der Waals surface area (Å²) >= 11 is 0. The van der Waals surface area contributed by atoms with Gasteiger partial charge < -0.3 is 10.5 Å². The number of aryl methyl sites for hydroxylation is 1. The molecule has 2 aliphatic rings. The fourth-order valence-corrected chi connectivity index (χ4v) is 4.04. The van der Waals surface area contributed by atoms with Crippen molar-refractivity contribution in [2.24, 2.45) is 11.7 Å². The molecular formula is C18H18N4O. The SMILES string of the molecule is Cc1[nH]nc2c1C(c1ccccc1)(C1CCC1)C(C#N)=C(N)O2. The molecule has 1 aromatic carbocycles. The Morgan fingerprint density at radius 1 is 1.35 bits per heavy atom. The smallest absolute Gasteiger partial charge is 0.244 e. The summed E-state index contributed by atoms with van der Waals surface area (Å²) in [5.41, 5.74) is 9.03. The maximum atomic E-state index is 9.88. The van der Waals surface area contributed by atoms with E-state index < -0.39 is 5.41 Å². The Labute approximate surface area is 134 Å². The van der Waals surface area contributed by atoms with Gasteiger partial charge in [0.25, 0.3) is 0 Å². The highest BCUT2D eigenvalue weighted by Crippen LogP contribution is 2.57. The first-order chi connectivity index (χ1) is 11.2. The summed E-state index contributed by atoms with van der Waals surface area (Å²) in [6.07, 6.45) is 3.31. The van der Waals surface area contributed by atoms with Gasteiger partial charge in [0.05, 0.1) is 11.0 Å². The molecule has 0 spiro atoms. The van der Waals surface area contributed by atoms with E-state index in [-0.39, 0.29) is 5.88 Å². The predicted octanol–water partition coefficient (Wildman–Crippen LogP) is 2.89. The molecule has 5 heteroatoms. The van der Waals surface area contributed by atoms with Gasteiger partial charge >= 0.3 is 0 Å². The highest BCUT2D eigenvalue weighted by atomic mass is 16.5. The molecule has 1 aromatic heterocycles. The summed E-state index contributed by atoms with van der Waals surface area (Å²) in [5.74, 6) is 0.994. The number of hydrogen-bond donors (Lipinski definition) is 2. The van der Waals surface area contributed by atoms with Gasteiger partial charge in [-0.15, -0.1) is 5.10 Å². The van der Waals surface area contributed by atoms with Crippen LogP contribution in [0.1, 0.15) is 36.1 Å². The number of allylic oxidation sites excluding steroid dienone is 1. The molecule has 1 aliphatic heterocycles. The minimum atomic E-state index is -0.566. The number of fused-ring (bicyclic) bond motifs is 1. The third-order valence-electron chi connectivity index (χ3n) is 5.21. The van der Waals surface area contributed by atoms with Gasteiger partial charge in [0.15, 0.2) is 0 Å². The molecule has 1 aliphatic carbocycles. The minimum absolute atomic E-state index is 0.169. The molecule has 23 heavy (non-hydrogen) atoms. The molecule has 4 rings (SSSR count). The molecule has 1 fully saturated rings. The van der Waals surface area contributed by atoms with Crippen LogP contribution in [0.25, 0.3) is 0 Å². The van der Waals surface area contributed by atoms with Gasteiger partial charge in [-0.1, -0.05) is 36.8 Å². The summed E-state index contributed by atoms with van der Waals surface area (Å²) in [4.78, 5) is 0. The summed E-state index contributed by atoms with van der Waals surface area (Å²) in [6.45, 7) is 1.97. The molecule has 0 radical (unpaired) electrons. The molecule has 1 atom stereocenters. The van der Waals surface area contributed by atoms with Gasteiger partial charge in [-0.3, -0.25) is 5.10 Å². The number of benzene rings is 1. The van der Waals surface area contributed by atoms with Gasteiger partial charge in [0, 0.05) is 5.69 Å². The largest absolute Gasteiger partial charge is 0.420 e. The Kier molecular flexibility index (Phi) is 2.95. The number of aromatic amines is 1. The van der Waals surface area contributed by atoms with Crippen molar-refractivity contribution in [3.8, 4) is 11.9 Å². The molecule has 5 nitrogen and oxygen atoms in total. The van der Waals surface area contributed by atoms with E-state index in [1.165, 1.54) is 6.42 Å². The van der Waals surface area contributed by atoms with Gasteiger partial charge in [0.2, 0.25) is 11.8 Å². The first-order valence-electron chi connectivity index (χ1n) is 7.88. The number of nitrogens with two attached hydrogens (primary N) is 1. The van der Waals surface area contributed by atoms with Crippen molar-refractivity contribution < 1.29 is 4.74 Å². The highest BCUT2D eigenvalue weighted by Gasteiger charge is 2.54. The van der Waals surface area contributed by atoms with Crippen molar-refractivity contribution in [2.45, 2.75) is 31.6 Å². The van der Waals surface area contributed by atoms with Gasteiger partial charge in [-0.2, -0.15) is 5.26 Å². The van der Waals surface area contributed by atoms with Crippen LogP contribution >= 0.6 is 0 Å². The lowest BCUT2D eigenvalue weighted by Crippen LogP contribution is -2.45. The molecule has 2 heterocycles. The quantitative estimate of drug-likeness (QED) is 0.893. The van der Waals surface area contributed by atoms with Crippen LogP contribution < -0.4 is 10.5 Å². The Balaban J connectivity index is 2.10. The number of ether oxygens (including phenoxy) is 1. The maximum absolute atomic E-state index is 9.88. The number of aromatic nitrogens is 2. The van der Waals surface area contributed by atoms with Crippen LogP contribution in [0.15, 0.2) is 41.8 Å². The van der Waals surface area contributed by atoms with Crippen molar-refractivity contribution in [2.75, 3.05) is 0 Å². The van der Waals surface area contributed by atoms with Crippen LogP contribution in [0.2, 0.25) is 0 Å². The number of hydrogen-bond acceptors (Lipinski definition) is 4. The second kappa shape index (κ2) is 4.88. The third-order valence-corrected chi connectivity index (χ3v) is 5.21. The Morgan fingerprint density at radius 3 is 2.70 bits per heavy atom. The van der Waals surface area contributed by atoms with Crippen LogP contribution in [0.3, 0.4) is 0 Å².